The third-order valence-corrected chi connectivity index (χ3v) is 5.38. The summed E-state index contributed by atoms with van der Waals surface area (Å²) in [5.74, 6) is 1.97. The van der Waals surface area contributed by atoms with Crippen LogP contribution >= 0.6 is 58.4 Å². The van der Waals surface area contributed by atoms with Crippen LogP contribution in [0.15, 0.2) is 37.7 Å². The van der Waals surface area contributed by atoms with Crippen LogP contribution in [0, 0.1) is 0 Å². The molecular weight excluding hydrogens is 447 g/mol. The second kappa shape index (κ2) is 12.1. The molecule has 0 spiro atoms. The number of rotatable bonds is 8. The maximum Gasteiger partial charge on any atom is 0.191 e. The van der Waals surface area contributed by atoms with Crippen molar-refractivity contribution in [3.05, 3.63) is 34.0 Å². The highest BCUT2D eigenvalue weighted by Gasteiger charge is 1.99. The van der Waals surface area contributed by atoms with Gasteiger partial charge in [0.05, 0.1) is 6.54 Å². The van der Waals surface area contributed by atoms with Crippen LogP contribution in [0.4, 0.5) is 0 Å². The van der Waals surface area contributed by atoms with Gasteiger partial charge in [-0.2, -0.15) is 11.3 Å². The van der Waals surface area contributed by atoms with E-state index in [9.17, 15) is 0 Å². The number of thiazole rings is 1. The van der Waals surface area contributed by atoms with Gasteiger partial charge in [-0.1, -0.05) is 11.8 Å². The highest BCUT2D eigenvalue weighted by atomic mass is 127. The van der Waals surface area contributed by atoms with Crippen LogP contribution in [0.3, 0.4) is 0 Å². The third kappa shape index (κ3) is 7.80. The lowest BCUT2D eigenvalue weighted by Crippen LogP contribution is -2.37. The molecule has 2 aromatic rings. The molecule has 2 N–H and O–H groups in total. The predicted molar refractivity (Wildman–Crippen MR) is 110 cm³/mol. The minimum Gasteiger partial charge on any atom is -0.357 e. The van der Waals surface area contributed by atoms with Crippen molar-refractivity contribution in [2.45, 2.75) is 24.2 Å². The van der Waals surface area contributed by atoms with Gasteiger partial charge in [-0.15, -0.1) is 35.3 Å². The Labute approximate surface area is 161 Å². The Morgan fingerprint density at radius 1 is 1.36 bits per heavy atom. The highest BCUT2D eigenvalue weighted by molar-refractivity contribution is 14.0. The minimum absolute atomic E-state index is 0. The second-order valence-corrected chi connectivity index (χ2v) is 7.27. The van der Waals surface area contributed by atoms with E-state index in [2.05, 4.69) is 44.4 Å². The number of nitrogens with one attached hydrogen (secondary N) is 2. The summed E-state index contributed by atoms with van der Waals surface area (Å²) in [5.41, 5.74) is 1.26. The first-order chi connectivity index (χ1) is 10.4. The zero-order valence-electron chi connectivity index (χ0n) is 12.4. The van der Waals surface area contributed by atoms with E-state index in [-0.39, 0.29) is 24.0 Å². The van der Waals surface area contributed by atoms with E-state index >= 15 is 0 Å². The number of aliphatic imine (C=N–C) groups is 1. The quantitative estimate of drug-likeness (QED) is 0.202. The van der Waals surface area contributed by atoms with Crippen molar-refractivity contribution in [1.29, 1.82) is 0 Å². The van der Waals surface area contributed by atoms with Gasteiger partial charge in [0.25, 0.3) is 0 Å². The molecule has 0 aromatic carbocycles. The van der Waals surface area contributed by atoms with Crippen LogP contribution in [-0.2, 0) is 6.54 Å². The molecule has 0 amide bonds. The van der Waals surface area contributed by atoms with E-state index in [0.717, 1.165) is 42.1 Å². The Balaban J connectivity index is 0.00000242. The zero-order chi connectivity index (χ0) is 14.8. The molecule has 2 rings (SSSR count). The third-order valence-electron chi connectivity index (χ3n) is 2.59. The van der Waals surface area contributed by atoms with E-state index in [1.807, 2.05) is 23.3 Å². The molecule has 2 aromatic heterocycles. The molecule has 2 heterocycles. The SMILES string of the molecule is CCNC(=NCc1ccsc1)NCCCSc1nccs1.I. The Hall–Kier alpha value is -0.320. The summed E-state index contributed by atoms with van der Waals surface area (Å²) < 4.78 is 1.15. The first-order valence-corrected chi connectivity index (χ1v) is 9.75. The molecule has 0 radical (unpaired) electrons. The fraction of sp³-hybridized carbons (Fsp3) is 0.429. The molecule has 0 aliphatic rings. The lowest BCUT2D eigenvalue weighted by Gasteiger charge is -2.10. The molecule has 8 heteroatoms. The summed E-state index contributed by atoms with van der Waals surface area (Å²) in [5, 5.41) is 12.9. The zero-order valence-corrected chi connectivity index (χ0v) is 17.2. The first kappa shape index (κ1) is 19.7. The second-order valence-electron chi connectivity index (χ2n) is 4.25. The van der Waals surface area contributed by atoms with Crippen LogP contribution in [0.25, 0.3) is 0 Å². The summed E-state index contributed by atoms with van der Waals surface area (Å²) in [6, 6.07) is 2.11. The van der Waals surface area contributed by atoms with Crippen molar-refractivity contribution in [3.8, 4) is 0 Å². The van der Waals surface area contributed by atoms with Crippen LogP contribution in [0.2, 0.25) is 0 Å². The monoisotopic (exact) mass is 468 g/mol. The molecule has 4 nitrogen and oxygen atoms in total. The molecular formula is C14H21IN4S3. The Bertz CT molecular complexity index is 514. The molecule has 0 saturated heterocycles. The highest BCUT2D eigenvalue weighted by Crippen LogP contribution is 2.20. The summed E-state index contributed by atoms with van der Waals surface area (Å²) in [6.45, 7) is 4.62. The number of thiophene rings is 1. The maximum atomic E-state index is 4.59. The van der Waals surface area contributed by atoms with Gasteiger partial charge >= 0.3 is 0 Å². The number of thioether (sulfide) groups is 1. The number of guanidine groups is 1. The summed E-state index contributed by atoms with van der Waals surface area (Å²) in [6.07, 6.45) is 2.94. The summed E-state index contributed by atoms with van der Waals surface area (Å²) in [4.78, 5) is 8.85. The largest absolute Gasteiger partial charge is 0.357 e. The van der Waals surface area contributed by atoms with Crippen molar-refractivity contribution in [2.75, 3.05) is 18.8 Å². The van der Waals surface area contributed by atoms with Crippen molar-refractivity contribution in [2.24, 2.45) is 4.99 Å². The van der Waals surface area contributed by atoms with Crippen LogP contribution < -0.4 is 10.6 Å². The van der Waals surface area contributed by atoms with Crippen LogP contribution in [-0.4, -0.2) is 29.8 Å². The van der Waals surface area contributed by atoms with Crippen molar-refractivity contribution >= 4 is 64.4 Å². The molecule has 0 atom stereocenters. The van der Waals surface area contributed by atoms with Gasteiger partial charge in [-0.05, 0) is 35.7 Å². The van der Waals surface area contributed by atoms with E-state index in [1.54, 1.807) is 22.7 Å². The number of nitrogens with zero attached hydrogens (tertiary/aromatic N) is 2. The Kier molecular flexibility index (Phi) is 10.9. The topological polar surface area (TPSA) is 49.3 Å². The molecule has 0 aliphatic carbocycles. The fourth-order valence-electron chi connectivity index (χ4n) is 1.61. The molecule has 122 valence electrons. The average molecular weight is 468 g/mol. The first-order valence-electron chi connectivity index (χ1n) is 6.94. The Morgan fingerprint density at radius 2 is 2.27 bits per heavy atom. The van der Waals surface area contributed by atoms with E-state index in [4.69, 9.17) is 0 Å². The maximum absolute atomic E-state index is 4.59. The van der Waals surface area contributed by atoms with E-state index in [1.165, 1.54) is 5.56 Å². The molecule has 0 bridgehead atoms. The van der Waals surface area contributed by atoms with Crippen molar-refractivity contribution < 1.29 is 0 Å². The van der Waals surface area contributed by atoms with Crippen molar-refractivity contribution in [3.63, 3.8) is 0 Å². The molecule has 22 heavy (non-hydrogen) atoms. The number of hydrogen-bond acceptors (Lipinski definition) is 5. The molecule has 0 fully saturated rings. The predicted octanol–water partition coefficient (Wildman–Crippen LogP) is 4.06. The Morgan fingerprint density at radius 3 is 2.95 bits per heavy atom. The van der Waals surface area contributed by atoms with E-state index < -0.39 is 0 Å². The number of halogens is 1. The smallest absolute Gasteiger partial charge is 0.191 e. The molecule has 0 aliphatic heterocycles. The van der Waals surface area contributed by atoms with Gasteiger partial charge in [0.2, 0.25) is 0 Å². The lowest BCUT2D eigenvalue weighted by molar-refractivity contribution is 0.790. The van der Waals surface area contributed by atoms with Crippen LogP contribution in [0.1, 0.15) is 18.9 Å². The van der Waals surface area contributed by atoms with Gasteiger partial charge in [0.1, 0.15) is 4.34 Å². The normalized spacial score (nSPS) is 11.0. The minimum atomic E-state index is 0. The fourth-order valence-corrected chi connectivity index (χ4v) is 3.92. The van der Waals surface area contributed by atoms with Gasteiger partial charge in [-0.25, -0.2) is 9.98 Å². The van der Waals surface area contributed by atoms with Gasteiger partial charge in [-0.3, -0.25) is 0 Å². The standard InChI is InChI=1S/C14H20N4S3.HI/c1-2-15-13(18-10-12-4-8-19-11-12)16-5-3-7-20-14-17-6-9-21-14;/h4,6,8-9,11H,2-3,5,7,10H2,1H3,(H2,15,16,18);1H. The van der Waals surface area contributed by atoms with Gasteiger partial charge < -0.3 is 10.6 Å². The number of hydrogen-bond donors (Lipinski definition) is 2. The molecule has 0 unspecified atom stereocenters. The number of aromatic nitrogens is 1. The van der Waals surface area contributed by atoms with Gasteiger partial charge in [0, 0.05) is 30.4 Å². The lowest BCUT2D eigenvalue weighted by atomic mass is 10.3. The average Bonchev–Trinajstić information content (AvgIpc) is 3.17. The summed E-state index contributed by atoms with van der Waals surface area (Å²) in [7, 11) is 0. The van der Waals surface area contributed by atoms with Gasteiger partial charge in [0.15, 0.2) is 5.96 Å². The van der Waals surface area contributed by atoms with Crippen molar-refractivity contribution in [1.82, 2.24) is 15.6 Å². The van der Waals surface area contributed by atoms with Crippen LogP contribution in [0.5, 0.6) is 0 Å². The molecule has 0 saturated carbocycles. The van der Waals surface area contributed by atoms with E-state index in [0.29, 0.717) is 0 Å². The summed E-state index contributed by atoms with van der Waals surface area (Å²) >= 11 is 5.22.